The van der Waals surface area contributed by atoms with Crippen molar-refractivity contribution in [1.82, 2.24) is 13.6 Å². The van der Waals surface area contributed by atoms with Crippen LogP contribution in [-0.2, 0) is 21.5 Å². The third kappa shape index (κ3) is 4.72. The molecule has 1 amide bonds. The molecule has 3 heterocycles. The first-order valence-corrected chi connectivity index (χ1v) is 17.0. The minimum Gasteiger partial charge on any atom is -0.497 e. The zero-order valence-electron chi connectivity index (χ0n) is 24.9. The molecule has 8 nitrogen and oxygen atoms in total. The van der Waals surface area contributed by atoms with Gasteiger partial charge >= 0.3 is 10.2 Å². The number of hydrogen-bond donors (Lipinski definition) is 1. The second kappa shape index (κ2) is 10.6. The summed E-state index contributed by atoms with van der Waals surface area (Å²) in [6.07, 6.45) is 12.2. The van der Waals surface area contributed by atoms with Crippen molar-refractivity contribution < 1.29 is 22.7 Å². The lowest BCUT2D eigenvalue weighted by Gasteiger charge is -2.24. The lowest BCUT2D eigenvalue weighted by molar-refractivity contribution is -0.124. The van der Waals surface area contributed by atoms with Crippen LogP contribution in [0.5, 0.6) is 5.75 Å². The highest BCUT2D eigenvalue weighted by atomic mass is 32.2. The smallest absolute Gasteiger partial charge is 0.304 e. The molecule has 7 rings (SSSR count). The summed E-state index contributed by atoms with van der Waals surface area (Å²) in [6, 6.07) is 11.8. The van der Waals surface area contributed by atoms with E-state index in [1.165, 1.54) is 37.4 Å². The molecular formula is C34H39N3O5S. The molecule has 2 aromatic carbocycles. The first kappa shape index (κ1) is 28.3. The van der Waals surface area contributed by atoms with E-state index in [4.69, 9.17) is 4.74 Å². The number of hydrogen-bond acceptors (Lipinski definition) is 5. The van der Waals surface area contributed by atoms with Crippen LogP contribution >= 0.6 is 0 Å². The number of nitrogens with one attached hydrogen (secondary N) is 1. The monoisotopic (exact) mass is 601 g/mol. The normalized spacial score (nSPS) is 26.8. The largest absolute Gasteiger partial charge is 0.497 e. The fraction of sp³-hybridized carbons (Fsp3) is 0.471. The summed E-state index contributed by atoms with van der Waals surface area (Å²) in [5.41, 5.74) is 5.42. The van der Waals surface area contributed by atoms with Crippen LogP contribution in [0.15, 0.2) is 48.6 Å². The number of Topliss-reactive ketones (excluding diaryl/α,β-unsaturated/α-hetero) is 1. The number of methoxy groups -OCH3 is 1. The number of benzene rings is 2. The van der Waals surface area contributed by atoms with Crippen LogP contribution in [0, 0.1) is 5.41 Å². The molecule has 2 atom stereocenters. The fourth-order valence-corrected chi connectivity index (χ4v) is 8.63. The van der Waals surface area contributed by atoms with Crippen molar-refractivity contribution in [2.45, 2.75) is 76.2 Å². The van der Waals surface area contributed by atoms with Crippen molar-refractivity contribution in [2.75, 3.05) is 20.7 Å². The van der Waals surface area contributed by atoms with Gasteiger partial charge in [-0.05, 0) is 79.5 Å². The van der Waals surface area contributed by atoms with Crippen LogP contribution in [0.3, 0.4) is 0 Å². The summed E-state index contributed by atoms with van der Waals surface area (Å²) in [6.45, 7) is 0.686. The van der Waals surface area contributed by atoms with E-state index < -0.39 is 21.5 Å². The van der Waals surface area contributed by atoms with Gasteiger partial charge in [0.15, 0.2) is 0 Å². The van der Waals surface area contributed by atoms with Crippen molar-refractivity contribution in [2.24, 2.45) is 5.41 Å². The summed E-state index contributed by atoms with van der Waals surface area (Å²) in [7, 11) is -0.899. The van der Waals surface area contributed by atoms with E-state index >= 15 is 0 Å². The molecule has 226 valence electrons. The quantitative estimate of drug-likeness (QED) is 0.360. The minimum atomic E-state index is -4.03. The van der Waals surface area contributed by atoms with Crippen LogP contribution < -0.4 is 9.46 Å². The fourth-order valence-electron chi connectivity index (χ4n) is 7.84. The van der Waals surface area contributed by atoms with Crippen molar-refractivity contribution >= 4 is 32.8 Å². The van der Waals surface area contributed by atoms with E-state index in [2.05, 4.69) is 21.4 Å². The van der Waals surface area contributed by atoms with E-state index in [9.17, 15) is 18.0 Å². The first-order chi connectivity index (χ1) is 20.7. The van der Waals surface area contributed by atoms with E-state index in [0.717, 1.165) is 51.5 Å². The SMILES string of the molecule is COc1ccc2c(c1)C1CC13Cn1c-2c(C2CCCCC2)c2ccc(cc21)C(=O)NS(=O)(=O)N(C)C/C=C/CCCC3=O. The Bertz CT molecular complexity index is 1770. The van der Waals surface area contributed by atoms with Gasteiger partial charge in [0.05, 0.1) is 18.2 Å². The molecule has 0 radical (unpaired) electrons. The summed E-state index contributed by atoms with van der Waals surface area (Å²) >= 11 is 0. The molecule has 1 spiro atoms. The van der Waals surface area contributed by atoms with Gasteiger partial charge in [0.2, 0.25) is 0 Å². The Morgan fingerprint density at radius 2 is 1.81 bits per heavy atom. The maximum Gasteiger partial charge on any atom is 0.304 e. The van der Waals surface area contributed by atoms with Crippen molar-refractivity contribution in [1.29, 1.82) is 0 Å². The predicted octanol–water partition coefficient (Wildman–Crippen LogP) is 6.07. The van der Waals surface area contributed by atoms with Crippen LogP contribution in [0.4, 0.5) is 0 Å². The lowest BCUT2D eigenvalue weighted by Crippen LogP contribution is -2.41. The molecule has 4 bridgehead atoms. The Kier molecular flexibility index (Phi) is 7.01. The molecule has 9 heteroatoms. The lowest BCUT2D eigenvalue weighted by atomic mass is 9.81. The molecule has 2 fully saturated rings. The number of aromatic nitrogens is 1. The predicted molar refractivity (Wildman–Crippen MR) is 167 cm³/mol. The highest BCUT2D eigenvalue weighted by Crippen LogP contribution is 2.66. The Hall–Kier alpha value is -3.43. The maximum absolute atomic E-state index is 14.1. The van der Waals surface area contributed by atoms with E-state index in [-0.39, 0.29) is 23.8 Å². The molecule has 2 aliphatic heterocycles. The second-order valence-corrected chi connectivity index (χ2v) is 14.6. The standard InChI is InChI=1S/C34H39N3O5S/c1-36-17-9-4-3-8-12-30(38)34-20-28(34)27-19-24(42-2)14-16-25(27)32-31(22-10-6-5-7-11-22)26-15-13-23(18-29(26)37(32)21-34)33(39)35-43(36,40)41/h4,9,13-16,18-19,22,28H,3,5-8,10-12,17,20-21H2,1-2H3,(H,35,39)/b9-4+. The summed E-state index contributed by atoms with van der Waals surface area (Å²) in [5, 5.41) is 1.09. The highest BCUT2D eigenvalue weighted by molar-refractivity contribution is 7.87. The highest BCUT2D eigenvalue weighted by Gasteiger charge is 2.61. The number of carbonyl (C=O) groups is 2. The van der Waals surface area contributed by atoms with Gasteiger partial charge in [0.25, 0.3) is 5.91 Å². The van der Waals surface area contributed by atoms with Gasteiger partial charge in [-0.25, -0.2) is 4.72 Å². The van der Waals surface area contributed by atoms with E-state index in [1.807, 2.05) is 24.3 Å². The first-order valence-electron chi connectivity index (χ1n) is 15.5. The molecular weight excluding hydrogens is 562 g/mol. The molecule has 1 aromatic heterocycles. The molecule has 3 aromatic rings. The molecule has 2 saturated carbocycles. The van der Waals surface area contributed by atoms with Crippen molar-refractivity contribution in [3.8, 4) is 17.0 Å². The Morgan fingerprint density at radius 3 is 2.60 bits per heavy atom. The number of amides is 1. The third-order valence-corrected chi connectivity index (χ3v) is 11.7. The number of nitrogens with zero attached hydrogens (tertiary/aromatic N) is 2. The average Bonchev–Trinajstić information content (AvgIpc) is 3.68. The molecule has 1 N–H and O–H groups in total. The number of fused-ring (bicyclic) bond motifs is 4. The Morgan fingerprint density at radius 1 is 1.00 bits per heavy atom. The van der Waals surface area contributed by atoms with Gasteiger partial charge < -0.3 is 9.30 Å². The molecule has 2 unspecified atom stereocenters. The number of rotatable bonds is 2. The molecule has 0 saturated heterocycles. The zero-order chi connectivity index (χ0) is 29.9. The average molecular weight is 602 g/mol. The Balaban J connectivity index is 1.48. The van der Waals surface area contributed by atoms with Gasteiger partial charge in [-0.1, -0.05) is 37.5 Å². The summed E-state index contributed by atoms with van der Waals surface area (Å²) in [5.74, 6) is 0.904. The van der Waals surface area contributed by atoms with E-state index in [1.54, 1.807) is 19.3 Å². The third-order valence-electron chi connectivity index (χ3n) is 10.3. The number of likely N-dealkylation sites (N-methyl/N-ethyl adjacent to an activating group) is 1. The number of ether oxygens (including phenoxy) is 1. The van der Waals surface area contributed by atoms with Gasteiger partial charge in [-0.15, -0.1) is 0 Å². The van der Waals surface area contributed by atoms with Crippen LogP contribution in [-0.4, -0.2) is 49.7 Å². The second-order valence-electron chi connectivity index (χ2n) is 12.8. The number of ketones is 1. The van der Waals surface area contributed by atoms with Crippen LogP contribution in [0.1, 0.15) is 91.1 Å². The maximum atomic E-state index is 14.1. The van der Waals surface area contributed by atoms with Gasteiger partial charge in [-0.2, -0.15) is 12.7 Å². The summed E-state index contributed by atoms with van der Waals surface area (Å²) < 4.78 is 37.3. The minimum absolute atomic E-state index is 0.113. The topological polar surface area (TPSA) is 97.7 Å². The van der Waals surface area contributed by atoms with Crippen LogP contribution in [0.25, 0.3) is 22.2 Å². The Labute approximate surface area is 253 Å². The van der Waals surface area contributed by atoms with Crippen molar-refractivity contribution in [3.05, 3.63) is 65.2 Å². The van der Waals surface area contributed by atoms with Crippen LogP contribution in [0.2, 0.25) is 0 Å². The van der Waals surface area contributed by atoms with Gasteiger partial charge in [0.1, 0.15) is 11.5 Å². The molecule has 4 aliphatic rings. The molecule has 2 aliphatic carbocycles. The molecule has 43 heavy (non-hydrogen) atoms. The van der Waals surface area contributed by atoms with Crippen molar-refractivity contribution in [3.63, 3.8) is 0 Å². The van der Waals surface area contributed by atoms with E-state index in [0.29, 0.717) is 31.7 Å². The number of carbonyl (C=O) groups excluding carboxylic acids is 2. The van der Waals surface area contributed by atoms with Gasteiger partial charge in [0, 0.05) is 54.5 Å². The number of allylic oxidation sites excluding steroid dienone is 1. The van der Waals surface area contributed by atoms with Gasteiger partial charge in [-0.3, -0.25) is 9.59 Å². The zero-order valence-corrected chi connectivity index (χ0v) is 25.7. The summed E-state index contributed by atoms with van der Waals surface area (Å²) in [4.78, 5) is 27.5.